The van der Waals surface area contributed by atoms with Crippen molar-refractivity contribution in [3.05, 3.63) is 0 Å². The minimum absolute atomic E-state index is 0.204. The summed E-state index contributed by atoms with van der Waals surface area (Å²) in [5, 5.41) is 11.3. The van der Waals surface area contributed by atoms with Crippen molar-refractivity contribution in [2.45, 2.75) is 38.9 Å². The van der Waals surface area contributed by atoms with E-state index in [1.807, 2.05) is 0 Å². The molecule has 98 valence electrons. The maximum absolute atomic E-state index is 11.3. The number of nitrogens with one attached hydrogen (secondary N) is 1. The van der Waals surface area contributed by atoms with Gasteiger partial charge < -0.3 is 19.9 Å². The van der Waals surface area contributed by atoms with E-state index in [0.29, 0.717) is 6.42 Å². The molecule has 1 rings (SSSR count). The molecule has 0 saturated carbocycles. The van der Waals surface area contributed by atoms with Crippen LogP contribution in [0.4, 0.5) is 4.79 Å². The zero-order valence-electron chi connectivity index (χ0n) is 10.4. The fraction of sp³-hybridized carbons (Fsp3) is 0.818. The summed E-state index contributed by atoms with van der Waals surface area (Å²) in [5.74, 6) is -1.33. The molecule has 0 aromatic heterocycles. The Bertz CT molecular complexity index is 297. The van der Waals surface area contributed by atoms with Gasteiger partial charge in [0.25, 0.3) is 0 Å². The van der Waals surface area contributed by atoms with Crippen LogP contribution >= 0.6 is 0 Å². The van der Waals surface area contributed by atoms with Gasteiger partial charge in [0.05, 0.1) is 18.6 Å². The van der Waals surface area contributed by atoms with Gasteiger partial charge in [-0.25, -0.2) is 4.79 Å². The van der Waals surface area contributed by atoms with E-state index in [-0.39, 0.29) is 19.3 Å². The number of carbonyl (C=O) groups excluding carboxylic acids is 1. The summed E-state index contributed by atoms with van der Waals surface area (Å²) in [6.45, 7) is 5.81. The van der Waals surface area contributed by atoms with E-state index < -0.39 is 23.6 Å². The summed E-state index contributed by atoms with van der Waals surface area (Å²) in [7, 11) is 0. The normalized spacial score (nSPS) is 24.4. The molecule has 6 nitrogen and oxygen atoms in total. The summed E-state index contributed by atoms with van der Waals surface area (Å²) >= 11 is 0. The molecular weight excluding hydrogens is 226 g/mol. The fourth-order valence-corrected chi connectivity index (χ4v) is 1.53. The third-order valence-corrected chi connectivity index (χ3v) is 2.30. The van der Waals surface area contributed by atoms with Gasteiger partial charge in [-0.3, -0.25) is 4.79 Å². The Morgan fingerprint density at radius 1 is 1.47 bits per heavy atom. The van der Waals surface area contributed by atoms with Crippen LogP contribution in [0, 0.1) is 5.92 Å². The number of alkyl carbamates (subject to hydrolysis) is 1. The number of hydrogen-bond acceptors (Lipinski definition) is 4. The van der Waals surface area contributed by atoms with Crippen LogP contribution in [-0.4, -0.2) is 42.0 Å². The molecule has 1 aliphatic heterocycles. The number of aliphatic carboxylic acids is 1. The second-order valence-electron chi connectivity index (χ2n) is 5.11. The van der Waals surface area contributed by atoms with Gasteiger partial charge in [0.2, 0.25) is 0 Å². The van der Waals surface area contributed by atoms with Crippen LogP contribution in [0.5, 0.6) is 0 Å². The number of rotatable bonds is 3. The molecule has 0 unspecified atom stereocenters. The van der Waals surface area contributed by atoms with E-state index in [0.717, 1.165) is 0 Å². The second kappa shape index (κ2) is 5.35. The van der Waals surface area contributed by atoms with Crippen molar-refractivity contribution in [3.63, 3.8) is 0 Å². The van der Waals surface area contributed by atoms with Crippen molar-refractivity contribution in [1.29, 1.82) is 0 Å². The Kier molecular flexibility index (Phi) is 4.34. The van der Waals surface area contributed by atoms with Gasteiger partial charge >= 0.3 is 12.1 Å². The van der Waals surface area contributed by atoms with E-state index in [9.17, 15) is 9.59 Å². The number of carbonyl (C=O) groups is 2. The molecule has 1 heterocycles. The molecule has 0 aromatic carbocycles. The van der Waals surface area contributed by atoms with E-state index in [2.05, 4.69) is 5.32 Å². The van der Waals surface area contributed by atoms with Crippen LogP contribution in [-0.2, 0) is 14.3 Å². The van der Waals surface area contributed by atoms with Gasteiger partial charge in [0.1, 0.15) is 5.60 Å². The van der Waals surface area contributed by atoms with Gasteiger partial charge in [0.15, 0.2) is 0 Å². The van der Waals surface area contributed by atoms with Crippen LogP contribution in [0.25, 0.3) is 0 Å². The van der Waals surface area contributed by atoms with Crippen LogP contribution in [0.3, 0.4) is 0 Å². The highest BCUT2D eigenvalue weighted by Crippen LogP contribution is 2.19. The zero-order valence-corrected chi connectivity index (χ0v) is 10.4. The minimum atomic E-state index is -0.857. The van der Waals surface area contributed by atoms with Crippen molar-refractivity contribution in [2.24, 2.45) is 5.92 Å². The first kappa shape index (κ1) is 13.8. The molecule has 0 aliphatic carbocycles. The van der Waals surface area contributed by atoms with Crippen LogP contribution in [0.15, 0.2) is 0 Å². The molecular formula is C11H19NO5. The molecule has 0 aromatic rings. The number of carboxylic acid groups (broad SMARTS) is 1. The van der Waals surface area contributed by atoms with Crippen molar-refractivity contribution >= 4 is 12.1 Å². The lowest BCUT2D eigenvalue weighted by Crippen LogP contribution is -2.36. The van der Waals surface area contributed by atoms with Gasteiger partial charge in [-0.2, -0.15) is 0 Å². The lowest BCUT2D eigenvalue weighted by Gasteiger charge is -2.20. The summed E-state index contributed by atoms with van der Waals surface area (Å²) in [5.41, 5.74) is -0.537. The number of ether oxygens (including phenoxy) is 2. The summed E-state index contributed by atoms with van der Waals surface area (Å²) < 4.78 is 10.3. The highest BCUT2D eigenvalue weighted by molar-refractivity contribution is 5.70. The summed E-state index contributed by atoms with van der Waals surface area (Å²) in [6, 6.07) is 0. The van der Waals surface area contributed by atoms with Crippen molar-refractivity contribution < 1.29 is 24.2 Å². The molecule has 1 fully saturated rings. The Morgan fingerprint density at radius 3 is 2.59 bits per heavy atom. The third-order valence-electron chi connectivity index (χ3n) is 2.30. The number of hydrogen-bond donors (Lipinski definition) is 2. The first-order valence-corrected chi connectivity index (χ1v) is 5.59. The highest BCUT2D eigenvalue weighted by Gasteiger charge is 2.31. The molecule has 1 aliphatic rings. The monoisotopic (exact) mass is 245 g/mol. The third kappa shape index (κ3) is 5.04. The molecule has 17 heavy (non-hydrogen) atoms. The largest absolute Gasteiger partial charge is 0.481 e. The smallest absolute Gasteiger partial charge is 0.407 e. The van der Waals surface area contributed by atoms with E-state index in [4.69, 9.17) is 14.6 Å². The average molecular weight is 245 g/mol. The first-order chi connectivity index (χ1) is 7.78. The zero-order chi connectivity index (χ0) is 13.1. The Labute approximate surface area is 100 Å². The molecule has 2 atom stereocenters. The lowest BCUT2D eigenvalue weighted by molar-refractivity contribution is -0.141. The molecule has 6 heteroatoms. The first-order valence-electron chi connectivity index (χ1n) is 5.59. The Balaban J connectivity index is 2.24. The SMILES string of the molecule is CC(C)(C)OC(=O)NC[C@@H]1C[C@@H](C(=O)O)CO1. The second-order valence-corrected chi connectivity index (χ2v) is 5.11. The van der Waals surface area contributed by atoms with Gasteiger partial charge in [-0.05, 0) is 27.2 Å². The van der Waals surface area contributed by atoms with E-state index in [1.54, 1.807) is 20.8 Å². The standard InChI is InChI=1S/C11H19NO5/c1-11(2,3)17-10(15)12-5-8-4-7(6-16-8)9(13)14/h7-8H,4-6H2,1-3H3,(H,12,15)(H,13,14)/t7-,8+/m1/s1. The molecule has 1 amide bonds. The van der Waals surface area contributed by atoms with Crippen LogP contribution in [0.2, 0.25) is 0 Å². The van der Waals surface area contributed by atoms with Crippen molar-refractivity contribution in [2.75, 3.05) is 13.2 Å². The minimum Gasteiger partial charge on any atom is -0.481 e. The van der Waals surface area contributed by atoms with Gasteiger partial charge in [-0.1, -0.05) is 0 Å². The molecule has 0 radical (unpaired) electrons. The molecule has 0 bridgehead atoms. The maximum Gasteiger partial charge on any atom is 0.407 e. The van der Waals surface area contributed by atoms with Crippen molar-refractivity contribution in [3.8, 4) is 0 Å². The average Bonchev–Trinajstić information content (AvgIpc) is 2.60. The molecule has 2 N–H and O–H groups in total. The highest BCUT2D eigenvalue weighted by atomic mass is 16.6. The molecule has 0 spiro atoms. The van der Waals surface area contributed by atoms with E-state index >= 15 is 0 Å². The van der Waals surface area contributed by atoms with E-state index in [1.165, 1.54) is 0 Å². The lowest BCUT2D eigenvalue weighted by atomic mass is 10.1. The van der Waals surface area contributed by atoms with Gasteiger partial charge in [-0.15, -0.1) is 0 Å². The summed E-state index contributed by atoms with van der Waals surface area (Å²) in [4.78, 5) is 22.0. The number of amides is 1. The quantitative estimate of drug-likeness (QED) is 0.774. The maximum atomic E-state index is 11.3. The summed E-state index contributed by atoms with van der Waals surface area (Å²) in [6.07, 6.45) is -0.339. The fourth-order valence-electron chi connectivity index (χ4n) is 1.53. The Hall–Kier alpha value is -1.30. The van der Waals surface area contributed by atoms with Gasteiger partial charge in [0, 0.05) is 6.54 Å². The predicted molar refractivity (Wildman–Crippen MR) is 59.7 cm³/mol. The topological polar surface area (TPSA) is 84.9 Å². The van der Waals surface area contributed by atoms with Crippen LogP contribution < -0.4 is 5.32 Å². The number of carboxylic acids is 1. The Morgan fingerprint density at radius 2 is 2.12 bits per heavy atom. The van der Waals surface area contributed by atoms with Crippen molar-refractivity contribution in [1.82, 2.24) is 5.32 Å². The predicted octanol–water partition coefficient (Wildman–Crippen LogP) is 1.00. The molecule has 1 saturated heterocycles. The van der Waals surface area contributed by atoms with Crippen LogP contribution in [0.1, 0.15) is 27.2 Å².